The number of pyridine rings is 1. The van der Waals surface area contributed by atoms with Crippen molar-refractivity contribution in [3.63, 3.8) is 0 Å². The van der Waals surface area contributed by atoms with Crippen LogP contribution >= 0.6 is 0 Å². The Labute approximate surface area is 147 Å². The number of furan rings is 1. The lowest BCUT2D eigenvalue weighted by Crippen LogP contribution is -2.51. The first-order valence-corrected chi connectivity index (χ1v) is 8.88. The number of rotatable bonds is 4. The van der Waals surface area contributed by atoms with E-state index < -0.39 is 0 Å². The van der Waals surface area contributed by atoms with Gasteiger partial charge in [0.05, 0.1) is 25.5 Å². The number of morpholine rings is 1. The quantitative estimate of drug-likeness (QED) is 0.849. The van der Waals surface area contributed by atoms with Gasteiger partial charge in [0, 0.05) is 38.1 Å². The molecular formula is C19H23N3O3. The number of aromatic nitrogens is 1. The zero-order valence-corrected chi connectivity index (χ0v) is 14.2. The molecule has 0 aromatic carbocycles. The predicted molar refractivity (Wildman–Crippen MR) is 92.3 cm³/mol. The summed E-state index contributed by atoms with van der Waals surface area (Å²) < 4.78 is 10.8. The maximum Gasteiger partial charge on any atom is 0.289 e. The minimum Gasteiger partial charge on any atom is -0.459 e. The van der Waals surface area contributed by atoms with Crippen molar-refractivity contribution in [2.45, 2.75) is 24.9 Å². The van der Waals surface area contributed by atoms with E-state index >= 15 is 0 Å². The zero-order chi connectivity index (χ0) is 17.1. The number of likely N-dealkylation sites (tertiary alicyclic amines) is 1. The van der Waals surface area contributed by atoms with Gasteiger partial charge in [0.25, 0.3) is 5.91 Å². The van der Waals surface area contributed by atoms with E-state index in [9.17, 15) is 4.79 Å². The highest BCUT2D eigenvalue weighted by atomic mass is 16.5. The highest BCUT2D eigenvalue weighted by Gasteiger charge is 2.41. The Bertz CT molecular complexity index is 683. The van der Waals surface area contributed by atoms with Crippen molar-refractivity contribution in [3.05, 3.63) is 54.2 Å². The van der Waals surface area contributed by atoms with Gasteiger partial charge in [0.2, 0.25) is 0 Å². The van der Waals surface area contributed by atoms with Gasteiger partial charge < -0.3 is 14.1 Å². The zero-order valence-electron chi connectivity index (χ0n) is 14.2. The van der Waals surface area contributed by atoms with E-state index in [2.05, 4.69) is 16.0 Å². The number of carbonyl (C=O) groups is 1. The predicted octanol–water partition coefficient (Wildman–Crippen LogP) is 1.83. The largest absolute Gasteiger partial charge is 0.459 e. The SMILES string of the molecule is O=C(c1ccco1)N1CC[C@@H](N2CCOCC2)[C@@H]1Cc1cccnc1. The molecule has 0 unspecified atom stereocenters. The Hall–Kier alpha value is -2.18. The molecule has 4 heterocycles. The van der Waals surface area contributed by atoms with E-state index in [1.54, 1.807) is 24.6 Å². The molecule has 25 heavy (non-hydrogen) atoms. The number of amides is 1. The first-order valence-electron chi connectivity index (χ1n) is 8.88. The third-order valence-electron chi connectivity index (χ3n) is 5.19. The molecule has 2 aliphatic heterocycles. The average Bonchev–Trinajstić information content (AvgIpc) is 3.33. The van der Waals surface area contributed by atoms with E-state index in [1.165, 1.54) is 0 Å². The van der Waals surface area contributed by atoms with Crippen molar-refractivity contribution in [3.8, 4) is 0 Å². The maximum atomic E-state index is 12.9. The minimum absolute atomic E-state index is 0.0188. The second-order valence-electron chi connectivity index (χ2n) is 6.61. The number of ether oxygens (including phenoxy) is 1. The lowest BCUT2D eigenvalue weighted by molar-refractivity contribution is 0.00840. The van der Waals surface area contributed by atoms with Gasteiger partial charge in [-0.2, -0.15) is 0 Å². The van der Waals surface area contributed by atoms with Gasteiger partial charge in [-0.05, 0) is 36.6 Å². The Balaban J connectivity index is 1.58. The van der Waals surface area contributed by atoms with Crippen LogP contribution in [0.1, 0.15) is 22.5 Å². The molecule has 0 spiro atoms. The van der Waals surface area contributed by atoms with E-state index in [4.69, 9.17) is 9.15 Å². The summed E-state index contributed by atoms with van der Waals surface area (Å²) in [6.45, 7) is 4.14. The summed E-state index contributed by atoms with van der Waals surface area (Å²) in [5.41, 5.74) is 1.16. The molecule has 6 nitrogen and oxygen atoms in total. The molecule has 0 saturated carbocycles. The van der Waals surface area contributed by atoms with Crippen LogP contribution in [0.4, 0.5) is 0 Å². The van der Waals surface area contributed by atoms with E-state index in [-0.39, 0.29) is 11.9 Å². The summed E-state index contributed by atoms with van der Waals surface area (Å²) in [6.07, 6.45) is 7.02. The lowest BCUT2D eigenvalue weighted by Gasteiger charge is -2.37. The molecule has 0 N–H and O–H groups in total. The molecule has 0 aliphatic carbocycles. The summed E-state index contributed by atoms with van der Waals surface area (Å²) in [7, 11) is 0. The number of hydrogen-bond donors (Lipinski definition) is 0. The van der Waals surface area contributed by atoms with Crippen LogP contribution in [-0.4, -0.2) is 65.6 Å². The van der Waals surface area contributed by atoms with Crippen molar-refractivity contribution in [2.24, 2.45) is 0 Å². The second kappa shape index (κ2) is 7.37. The molecule has 2 fully saturated rings. The van der Waals surface area contributed by atoms with Crippen molar-refractivity contribution < 1.29 is 13.9 Å². The number of hydrogen-bond acceptors (Lipinski definition) is 5. The van der Waals surface area contributed by atoms with Crippen LogP contribution in [0.25, 0.3) is 0 Å². The third kappa shape index (κ3) is 3.45. The third-order valence-corrected chi connectivity index (χ3v) is 5.19. The fraction of sp³-hybridized carbons (Fsp3) is 0.474. The van der Waals surface area contributed by atoms with Crippen LogP contribution in [0.3, 0.4) is 0 Å². The molecule has 6 heteroatoms. The van der Waals surface area contributed by atoms with Crippen LogP contribution in [0.15, 0.2) is 47.3 Å². The van der Waals surface area contributed by atoms with Crippen LogP contribution in [0, 0.1) is 0 Å². The Morgan fingerprint density at radius 3 is 2.80 bits per heavy atom. The van der Waals surface area contributed by atoms with Crippen molar-refractivity contribution in [1.29, 1.82) is 0 Å². The smallest absolute Gasteiger partial charge is 0.289 e. The molecule has 1 amide bonds. The van der Waals surface area contributed by atoms with Crippen molar-refractivity contribution in [1.82, 2.24) is 14.8 Å². The van der Waals surface area contributed by atoms with Gasteiger partial charge in [-0.1, -0.05) is 6.07 Å². The van der Waals surface area contributed by atoms with Crippen LogP contribution in [-0.2, 0) is 11.2 Å². The lowest BCUT2D eigenvalue weighted by atomic mass is 9.99. The molecule has 2 atom stereocenters. The standard InChI is InChI=1S/C19H23N3O3/c23-19(18-4-2-10-25-18)22-7-5-16(21-8-11-24-12-9-21)17(22)13-15-3-1-6-20-14-15/h1-4,6,10,14,16-17H,5,7-9,11-13H2/t16-,17+/m1/s1. The highest BCUT2D eigenvalue weighted by Crippen LogP contribution is 2.28. The van der Waals surface area contributed by atoms with Crippen LogP contribution in [0.2, 0.25) is 0 Å². The molecule has 2 saturated heterocycles. The summed E-state index contributed by atoms with van der Waals surface area (Å²) in [5.74, 6) is 0.397. The normalized spacial score (nSPS) is 24.6. The highest BCUT2D eigenvalue weighted by molar-refractivity contribution is 5.92. The monoisotopic (exact) mass is 341 g/mol. The first kappa shape index (κ1) is 16.3. The molecule has 2 aromatic heterocycles. The molecule has 0 bridgehead atoms. The fourth-order valence-electron chi connectivity index (χ4n) is 3.97. The van der Waals surface area contributed by atoms with Crippen molar-refractivity contribution >= 4 is 5.91 Å². The van der Waals surface area contributed by atoms with E-state index in [0.29, 0.717) is 11.8 Å². The molecule has 132 valence electrons. The molecule has 2 aromatic rings. The summed E-state index contributed by atoms with van der Waals surface area (Å²) in [4.78, 5) is 21.6. The minimum atomic E-state index is -0.0188. The summed E-state index contributed by atoms with van der Waals surface area (Å²) in [6, 6.07) is 8.01. The topological polar surface area (TPSA) is 58.8 Å². The van der Waals surface area contributed by atoms with E-state index in [0.717, 1.165) is 51.3 Å². The second-order valence-corrected chi connectivity index (χ2v) is 6.61. The average molecular weight is 341 g/mol. The van der Waals surface area contributed by atoms with Gasteiger partial charge >= 0.3 is 0 Å². The first-order chi connectivity index (χ1) is 12.3. The summed E-state index contributed by atoms with van der Waals surface area (Å²) >= 11 is 0. The van der Waals surface area contributed by atoms with Gasteiger partial charge in [-0.25, -0.2) is 0 Å². The Morgan fingerprint density at radius 2 is 2.08 bits per heavy atom. The van der Waals surface area contributed by atoms with Crippen LogP contribution < -0.4 is 0 Å². The maximum absolute atomic E-state index is 12.9. The fourth-order valence-corrected chi connectivity index (χ4v) is 3.97. The molecular weight excluding hydrogens is 318 g/mol. The van der Waals surface area contributed by atoms with Gasteiger partial charge in [0.15, 0.2) is 5.76 Å². The van der Waals surface area contributed by atoms with E-state index in [1.807, 2.05) is 17.2 Å². The molecule has 0 radical (unpaired) electrons. The van der Waals surface area contributed by atoms with Gasteiger partial charge in [0.1, 0.15) is 0 Å². The number of carbonyl (C=O) groups excluding carboxylic acids is 1. The van der Waals surface area contributed by atoms with Crippen molar-refractivity contribution in [2.75, 3.05) is 32.8 Å². The Kier molecular flexibility index (Phi) is 4.81. The number of nitrogens with zero attached hydrogens (tertiary/aromatic N) is 3. The van der Waals surface area contributed by atoms with Crippen LogP contribution in [0.5, 0.6) is 0 Å². The summed E-state index contributed by atoms with van der Waals surface area (Å²) in [5, 5.41) is 0. The molecule has 2 aliphatic rings. The molecule has 4 rings (SSSR count). The van der Waals surface area contributed by atoms with Gasteiger partial charge in [-0.15, -0.1) is 0 Å². The Morgan fingerprint density at radius 1 is 1.20 bits per heavy atom. The van der Waals surface area contributed by atoms with Gasteiger partial charge in [-0.3, -0.25) is 14.7 Å².